The van der Waals surface area contributed by atoms with E-state index in [4.69, 9.17) is 0 Å². The Bertz CT molecular complexity index is 1240. The van der Waals surface area contributed by atoms with Crippen LogP contribution in [-0.4, -0.2) is 17.4 Å². The van der Waals surface area contributed by atoms with Crippen LogP contribution in [0, 0.1) is 6.92 Å². The van der Waals surface area contributed by atoms with Crippen LogP contribution in [0.1, 0.15) is 22.3 Å². The minimum absolute atomic E-state index is 0.0594. The summed E-state index contributed by atoms with van der Waals surface area (Å²) in [7, 11) is 0. The molecule has 0 unspecified atom stereocenters. The number of rotatable bonds is 5. The molecule has 2 heterocycles. The average molecular weight is 419 g/mol. The Kier molecular flexibility index (Phi) is 5.47. The van der Waals surface area contributed by atoms with Gasteiger partial charge in [0.05, 0.1) is 5.70 Å². The van der Waals surface area contributed by atoms with E-state index in [1.165, 1.54) is 16.7 Å². The first-order valence-corrected chi connectivity index (χ1v) is 11.0. The Hall–Kier alpha value is -3.85. The van der Waals surface area contributed by atoms with Gasteiger partial charge >= 0.3 is 0 Å². The molecule has 0 atom stereocenters. The molecule has 0 spiro atoms. The van der Waals surface area contributed by atoms with Crippen LogP contribution in [0.3, 0.4) is 0 Å². The second kappa shape index (κ2) is 8.72. The van der Waals surface area contributed by atoms with E-state index < -0.39 is 0 Å². The summed E-state index contributed by atoms with van der Waals surface area (Å²) in [4.78, 5) is 15.4. The highest BCUT2D eigenvalue weighted by atomic mass is 16.2. The van der Waals surface area contributed by atoms with E-state index in [9.17, 15) is 4.79 Å². The number of nitrogens with one attached hydrogen (secondary N) is 1. The van der Waals surface area contributed by atoms with E-state index in [-0.39, 0.29) is 5.91 Å². The summed E-state index contributed by atoms with van der Waals surface area (Å²) in [5.41, 5.74) is 8.71. The number of nitrogens with zero attached hydrogens (tertiary/aromatic N) is 1. The second-order valence-electron chi connectivity index (χ2n) is 8.36. The van der Waals surface area contributed by atoms with Crippen molar-refractivity contribution in [2.24, 2.45) is 0 Å². The van der Waals surface area contributed by atoms with Gasteiger partial charge in [0, 0.05) is 36.9 Å². The largest absolute Gasteiger partial charge is 0.382 e. The molecule has 158 valence electrons. The van der Waals surface area contributed by atoms with Crippen LogP contribution in [0.15, 0.2) is 114 Å². The van der Waals surface area contributed by atoms with Crippen molar-refractivity contribution in [1.29, 1.82) is 0 Å². The Morgan fingerprint density at radius 2 is 1.44 bits per heavy atom. The number of amides is 1. The number of hydrogen-bond donors (Lipinski definition) is 1. The third kappa shape index (κ3) is 4.02. The molecule has 0 saturated heterocycles. The molecule has 0 saturated carbocycles. The highest BCUT2D eigenvalue weighted by Gasteiger charge is 2.31. The van der Waals surface area contributed by atoms with Crippen molar-refractivity contribution in [2.75, 3.05) is 6.54 Å². The van der Waals surface area contributed by atoms with Gasteiger partial charge in [-0.1, -0.05) is 84.9 Å². The molecule has 0 fully saturated rings. The number of allylic oxidation sites excluding steroid dienone is 2. The van der Waals surface area contributed by atoms with Gasteiger partial charge in [-0.15, -0.1) is 0 Å². The summed E-state index contributed by atoms with van der Waals surface area (Å²) < 4.78 is 0. The van der Waals surface area contributed by atoms with Crippen molar-refractivity contribution in [3.05, 3.63) is 136 Å². The molecule has 1 N–H and O–H groups in total. The monoisotopic (exact) mass is 418 g/mol. The molecule has 3 aromatic rings. The Balaban J connectivity index is 1.55. The first-order valence-electron chi connectivity index (χ1n) is 11.0. The predicted molar refractivity (Wildman–Crippen MR) is 129 cm³/mol. The molecule has 2 aliphatic heterocycles. The lowest BCUT2D eigenvalue weighted by molar-refractivity contribution is -0.122. The topological polar surface area (TPSA) is 32.3 Å². The lowest BCUT2D eigenvalue weighted by atomic mass is 10.0. The van der Waals surface area contributed by atoms with Crippen molar-refractivity contribution >= 4 is 11.5 Å². The molecule has 3 heteroatoms. The number of fused-ring (bicyclic) bond motifs is 1. The molecule has 32 heavy (non-hydrogen) atoms. The minimum atomic E-state index is 0.0594. The van der Waals surface area contributed by atoms with E-state index in [0.29, 0.717) is 13.0 Å². The summed E-state index contributed by atoms with van der Waals surface area (Å²) in [6, 6.07) is 28.9. The van der Waals surface area contributed by atoms with Crippen molar-refractivity contribution in [1.82, 2.24) is 10.2 Å². The number of aryl methyl sites for hydroxylation is 1. The molecule has 0 bridgehead atoms. The second-order valence-corrected chi connectivity index (χ2v) is 8.36. The molecule has 0 aliphatic carbocycles. The predicted octanol–water partition coefficient (Wildman–Crippen LogP) is 5.40. The van der Waals surface area contributed by atoms with E-state index in [1.54, 1.807) is 0 Å². The summed E-state index contributed by atoms with van der Waals surface area (Å²) in [6.07, 6.45) is 5.48. The maximum absolute atomic E-state index is 13.5. The van der Waals surface area contributed by atoms with E-state index >= 15 is 0 Å². The fourth-order valence-corrected chi connectivity index (χ4v) is 4.41. The summed E-state index contributed by atoms with van der Waals surface area (Å²) in [5.74, 6) is 0.0594. The highest BCUT2D eigenvalue weighted by molar-refractivity contribution is 6.01. The smallest absolute Gasteiger partial charge is 0.258 e. The third-order valence-corrected chi connectivity index (χ3v) is 6.10. The van der Waals surface area contributed by atoms with Crippen LogP contribution in [0.2, 0.25) is 0 Å². The zero-order valence-electron chi connectivity index (χ0n) is 18.2. The van der Waals surface area contributed by atoms with Gasteiger partial charge in [0.1, 0.15) is 0 Å². The van der Waals surface area contributed by atoms with Crippen LogP contribution >= 0.6 is 0 Å². The molecular formula is C29H26N2O. The van der Waals surface area contributed by atoms with Crippen LogP contribution in [0.25, 0.3) is 5.57 Å². The zero-order valence-corrected chi connectivity index (χ0v) is 18.2. The van der Waals surface area contributed by atoms with E-state index in [2.05, 4.69) is 79.0 Å². The van der Waals surface area contributed by atoms with Gasteiger partial charge in [0.15, 0.2) is 0 Å². The van der Waals surface area contributed by atoms with Gasteiger partial charge in [-0.05, 0) is 40.8 Å². The SMILES string of the molecule is Cc1ccccc1C1=CN2C(=O)C(Cc3ccccc3)=CC2=C(Cc2ccccc2)NC1. The van der Waals surface area contributed by atoms with Crippen molar-refractivity contribution in [3.63, 3.8) is 0 Å². The maximum atomic E-state index is 13.5. The summed E-state index contributed by atoms with van der Waals surface area (Å²) in [5, 5.41) is 3.66. The summed E-state index contributed by atoms with van der Waals surface area (Å²) >= 11 is 0. The molecular weight excluding hydrogens is 392 g/mol. The van der Waals surface area contributed by atoms with Gasteiger partial charge in [0.25, 0.3) is 5.91 Å². The minimum Gasteiger partial charge on any atom is -0.382 e. The van der Waals surface area contributed by atoms with Crippen LogP contribution in [-0.2, 0) is 17.6 Å². The van der Waals surface area contributed by atoms with Crippen LogP contribution < -0.4 is 5.32 Å². The lowest BCUT2D eigenvalue weighted by Crippen LogP contribution is -2.23. The van der Waals surface area contributed by atoms with Gasteiger partial charge in [-0.3, -0.25) is 9.69 Å². The highest BCUT2D eigenvalue weighted by Crippen LogP contribution is 2.32. The fraction of sp³-hybridized carbons (Fsp3) is 0.138. The Labute approximate surface area is 189 Å². The third-order valence-electron chi connectivity index (χ3n) is 6.10. The number of benzene rings is 3. The molecule has 0 aromatic heterocycles. The lowest BCUT2D eigenvalue weighted by Gasteiger charge is -2.16. The molecule has 2 aliphatic rings. The molecule has 1 amide bonds. The van der Waals surface area contributed by atoms with Gasteiger partial charge in [0.2, 0.25) is 0 Å². The normalized spacial score (nSPS) is 15.7. The van der Waals surface area contributed by atoms with E-state index in [0.717, 1.165) is 34.5 Å². The van der Waals surface area contributed by atoms with Crippen LogP contribution in [0.4, 0.5) is 0 Å². The van der Waals surface area contributed by atoms with Crippen molar-refractivity contribution < 1.29 is 4.79 Å². The average Bonchev–Trinajstić information content (AvgIpc) is 3.01. The number of carbonyl (C=O) groups excluding carboxylic acids is 1. The van der Waals surface area contributed by atoms with E-state index in [1.807, 2.05) is 35.4 Å². The maximum Gasteiger partial charge on any atom is 0.258 e. The van der Waals surface area contributed by atoms with Gasteiger partial charge in [-0.2, -0.15) is 0 Å². The summed E-state index contributed by atoms with van der Waals surface area (Å²) in [6.45, 7) is 2.80. The van der Waals surface area contributed by atoms with Gasteiger partial charge in [-0.25, -0.2) is 0 Å². The first-order chi connectivity index (χ1) is 15.7. The van der Waals surface area contributed by atoms with Gasteiger partial charge < -0.3 is 5.32 Å². The van der Waals surface area contributed by atoms with Crippen molar-refractivity contribution in [2.45, 2.75) is 19.8 Å². The number of carbonyl (C=O) groups is 1. The molecule has 5 rings (SSSR count). The first kappa shape index (κ1) is 20.1. The zero-order chi connectivity index (χ0) is 21.9. The quantitative estimate of drug-likeness (QED) is 0.601. The molecule has 0 radical (unpaired) electrons. The standard InChI is InChI=1S/C29H26N2O/c1-21-10-8-9-15-26(21)25-19-30-27(17-23-13-6-3-7-14-23)28-18-24(29(32)31(28)20-25)16-22-11-4-2-5-12-22/h2-15,18,20,30H,16-17,19H2,1H3. The van der Waals surface area contributed by atoms with Crippen molar-refractivity contribution in [3.8, 4) is 0 Å². The number of hydrogen-bond acceptors (Lipinski definition) is 2. The molecule has 3 nitrogen and oxygen atoms in total. The fourth-order valence-electron chi connectivity index (χ4n) is 4.41. The Morgan fingerprint density at radius 1 is 0.812 bits per heavy atom. The molecule has 3 aromatic carbocycles. The Morgan fingerprint density at radius 3 is 2.12 bits per heavy atom. The van der Waals surface area contributed by atoms with Crippen LogP contribution in [0.5, 0.6) is 0 Å².